The Kier molecular flexibility index (Phi) is 5.48. The lowest BCUT2D eigenvalue weighted by Crippen LogP contribution is -2.33. The average Bonchev–Trinajstić information content (AvgIpc) is 3.24. The molecule has 2 heterocycles. The molecule has 1 aliphatic carbocycles. The van der Waals surface area contributed by atoms with Crippen molar-refractivity contribution in [2.45, 2.75) is 38.6 Å². The van der Waals surface area contributed by atoms with Gasteiger partial charge in [0.15, 0.2) is 0 Å². The van der Waals surface area contributed by atoms with Crippen LogP contribution >= 0.6 is 0 Å². The molecule has 0 bridgehead atoms. The molecule has 10 heteroatoms. The highest BCUT2D eigenvalue weighted by Gasteiger charge is 2.18. The van der Waals surface area contributed by atoms with E-state index in [1.54, 1.807) is 12.4 Å². The Morgan fingerprint density at radius 1 is 1.23 bits per heavy atom. The summed E-state index contributed by atoms with van der Waals surface area (Å²) in [5.41, 5.74) is 15.2. The van der Waals surface area contributed by atoms with Crippen molar-refractivity contribution in [1.82, 2.24) is 25.0 Å². The number of rotatable bonds is 5. The summed E-state index contributed by atoms with van der Waals surface area (Å²) in [6.45, 7) is 1.95. The lowest BCUT2D eigenvalue weighted by Gasteiger charge is -2.19. The Morgan fingerprint density at radius 2 is 2.03 bits per heavy atom. The number of primary amides is 1. The zero-order valence-electron chi connectivity index (χ0n) is 16.6. The van der Waals surface area contributed by atoms with Gasteiger partial charge in [0.1, 0.15) is 11.4 Å². The van der Waals surface area contributed by atoms with Crippen LogP contribution in [0.25, 0.3) is 5.69 Å². The van der Waals surface area contributed by atoms with E-state index in [9.17, 15) is 4.79 Å². The highest BCUT2D eigenvalue weighted by Crippen LogP contribution is 2.24. The van der Waals surface area contributed by atoms with Gasteiger partial charge >= 0.3 is 0 Å². The Balaban J connectivity index is 1.69. The Labute approximate surface area is 173 Å². The summed E-state index contributed by atoms with van der Waals surface area (Å²) in [5, 5.41) is 11.5. The minimum absolute atomic E-state index is 0.0875. The van der Waals surface area contributed by atoms with Crippen LogP contribution in [0, 0.1) is 6.92 Å². The molecular formula is C20H23N9O. The predicted molar refractivity (Wildman–Crippen MR) is 113 cm³/mol. The number of nitrogens with two attached hydrogens (primary N) is 2. The third kappa shape index (κ3) is 4.33. The molecule has 1 fully saturated rings. The van der Waals surface area contributed by atoms with Crippen LogP contribution in [0.15, 0.2) is 41.8 Å². The van der Waals surface area contributed by atoms with Crippen molar-refractivity contribution in [2.75, 3.05) is 5.32 Å². The van der Waals surface area contributed by atoms with Gasteiger partial charge in [0.25, 0.3) is 11.9 Å². The predicted octanol–water partition coefficient (Wildman–Crippen LogP) is 2.18. The molecule has 0 unspecified atom stereocenters. The topological polar surface area (TPSA) is 150 Å². The smallest absolute Gasteiger partial charge is 0.254 e. The fraction of sp³-hybridized carbons (Fsp3) is 0.300. The zero-order chi connectivity index (χ0) is 21.1. The van der Waals surface area contributed by atoms with Crippen molar-refractivity contribution in [3.63, 3.8) is 0 Å². The highest BCUT2D eigenvalue weighted by atomic mass is 16.1. The summed E-state index contributed by atoms with van der Waals surface area (Å²) in [5.74, 6) is -0.102. The second kappa shape index (κ2) is 8.37. The van der Waals surface area contributed by atoms with Gasteiger partial charge in [-0.2, -0.15) is 20.0 Å². The molecule has 0 aliphatic heterocycles. The molecule has 154 valence electrons. The Morgan fingerprint density at radius 3 is 2.77 bits per heavy atom. The summed E-state index contributed by atoms with van der Waals surface area (Å²) in [6, 6.07) is 5.63. The summed E-state index contributed by atoms with van der Waals surface area (Å²) in [6.07, 6.45) is 8.45. The van der Waals surface area contributed by atoms with Gasteiger partial charge in [0, 0.05) is 23.6 Å². The minimum Gasteiger partial charge on any atom is -0.365 e. The molecule has 0 radical (unpaired) electrons. The molecule has 1 atom stereocenters. The van der Waals surface area contributed by atoms with E-state index in [1.807, 2.05) is 25.1 Å². The van der Waals surface area contributed by atoms with E-state index in [4.69, 9.17) is 11.5 Å². The van der Waals surface area contributed by atoms with Crippen molar-refractivity contribution >= 4 is 29.1 Å². The van der Waals surface area contributed by atoms with Crippen LogP contribution in [-0.4, -0.2) is 42.6 Å². The molecule has 30 heavy (non-hydrogen) atoms. The SMILES string of the molecule is Cc1cc(Nc2nc(N=C3CCCC[C@@H]3N)ncc2C(N)=O)cc(-n2nccn2)c1. The van der Waals surface area contributed by atoms with Crippen LogP contribution < -0.4 is 16.8 Å². The summed E-state index contributed by atoms with van der Waals surface area (Å²) < 4.78 is 0. The van der Waals surface area contributed by atoms with Crippen LogP contribution in [0.2, 0.25) is 0 Å². The van der Waals surface area contributed by atoms with Crippen molar-refractivity contribution < 1.29 is 4.79 Å². The molecular weight excluding hydrogens is 382 g/mol. The van der Waals surface area contributed by atoms with Gasteiger partial charge in [-0.1, -0.05) is 6.42 Å². The maximum atomic E-state index is 11.9. The van der Waals surface area contributed by atoms with E-state index in [1.165, 1.54) is 11.0 Å². The van der Waals surface area contributed by atoms with Crippen LogP contribution in [0.1, 0.15) is 41.6 Å². The molecule has 4 rings (SSSR count). The molecule has 1 aliphatic rings. The number of carbonyl (C=O) groups excluding carboxylic acids is 1. The third-order valence-corrected chi connectivity index (χ3v) is 4.89. The Bertz CT molecular complexity index is 1090. The maximum Gasteiger partial charge on any atom is 0.254 e. The number of aromatic nitrogens is 5. The second-order valence-corrected chi connectivity index (χ2v) is 7.25. The van der Waals surface area contributed by atoms with Crippen LogP contribution in [0.4, 0.5) is 17.5 Å². The van der Waals surface area contributed by atoms with E-state index >= 15 is 0 Å². The van der Waals surface area contributed by atoms with E-state index < -0.39 is 5.91 Å². The number of hydrogen-bond donors (Lipinski definition) is 3. The molecule has 2 aromatic heterocycles. The monoisotopic (exact) mass is 405 g/mol. The number of anilines is 2. The number of benzene rings is 1. The number of aryl methyl sites for hydroxylation is 1. The van der Waals surface area contributed by atoms with Crippen molar-refractivity contribution in [3.8, 4) is 5.69 Å². The van der Waals surface area contributed by atoms with Gasteiger partial charge in [-0.3, -0.25) is 4.79 Å². The third-order valence-electron chi connectivity index (χ3n) is 4.89. The number of amides is 1. The maximum absolute atomic E-state index is 11.9. The number of carbonyl (C=O) groups is 1. The van der Waals surface area contributed by atoms with E-state index in [-0.39, 0.29) is 23.4 Å². The molecule has 0 saturated heterocycles. The lowest BCUT2D eigenvalue weighted by atomic mass is 9.94. The van der Waals surface area contributed by atoms with Gasteiger partial charge < -0.3 is 16.8 Å². The summed E-state index contributed by atoms with van der Waals surface area (Å²) in [4.78, 5) is 26.6. The first-order chi connectivity index (χ1) is 14.5. The molecule has 10 nitrogen and oxygen atoms in total. The quantitative estimate of drug-likeness (QED) is 0.588. The van der Waals surface area contributed by atoms with Gasteiger partial charge in [0.2, 0.25) is 0 Å². The molecule has 1 saturated carbocycles. The van der Waals surface area contributed by atoms with E-state index in [0.29, 0.717) is 5.69 Å². The average molecular weight is 405 g/mol. The first-order valence-corrected chi connectivity index (χ1v) is 9.75. The lowest BCUT2D eigenvalue weighted by molar-refractivity contribution is 0.100. The zero-order valence-corrected chi connectivity index (χ0v) is 16.6. The summed E-state index contributed by atoms with van der Waals surface area (Å²) in [7, 11) is 0. The second-order valence-electron chi connectivity index (χ2n) is 7.25. The first kappa shape index (κ1) is 19.6. The first-order valence-electron chi connectivity index (χ1n) is 9.75. The molecule has 1 amide bonds. The molecule has 3 aromatic rings. The molecule has 5 N–H and O–H groups in total. The van der Waals surface area contributed by atoms with E-state index in [2.05, 4.69) is 30.5 Å². The fourth-order valence-electron chi connectivity index (χ4n) is 3.43. The Hall–Kier alpha value is -3.66. The van der Waals surface area contributed by atoms with Gasteiger partial charge in [-0.25, -0.2) is 9.98 Å². The van der Waals surface area contributed by atoms with Gasteiger partial charge in [-0.05, 0) is 49.9 Å². The van der Waals surface area contributed by atoms with Crippen LogP contribution in [-0.2, 0) is 0 Å². The van der Waals surface area contributed by atoms with Crippen molar-refractivity contribution in [2.24, 2.45) is 16.5 Å². The molecule has 0 spiro atoms. The summed E-state index contributed by atoms with van der Waals surface area (Å²) >= 11 is 0. The van der Waals surface area contributed by atoms with Crippen LogP contribution in [0.5, 0.6) is 0 Å². The molecule has 1 aromatic carbocycles. The van der Waals surface area contributed by atoms with Gasteiger partial charge in [0.05, 0.1) is 18.1 Å². The van der Waals surface area contributed by atoms with Crippen molar-refractivity contribution in [3.05, 3.63) is 47.9 Å². The largest absolute Gasteiger partial charge is 0.365 e. The fourth-order valence-corrected chi connectivity index (χ4v) is 3.43. The van der Waals surface area contributed by atoms with Crippen molar-refractivity contribution in [1.29, 1.82) is 0 Å². The number of nitrogens with one attached hydrogen (secondary N) is 1. The van der Waals surface area contributed by atoms with E-state index in [0.717, 1.165) is 42.6 Å². The number of aliphatic imine (C=N–C) groups is 1. The highest BCUT2D eigenvalue weighted by molar-refractivity contribution is 5.98. The number of nitrogens with zero attached hydrogens (tertiary/aromatic N) is 6. The minimum atomic E-state index is -0.632. The standard InChI is InChI=1S/C20H23N9O/c1-12-8-13(10-14(9-12)29-24-6-7-25-29)26-19-15(18(22)30)11-23-20(28-19)27-17-5-3-2-4-16(17)21/h6-11,16H,2-5,21H2,1H3,(H2,22,30)(H,23,26,28)/t16-/m0/s1. The normalized spacial score (nSPS) is 17.8. The number of hydrogen-bond acceptors (Lipinski definition) is 8. The van der Waals surface area contributed by atoms with Crippen LogP contribution in [0.3, 0.4) is 0 Å². The van der Waals surface area contributed by atoms with Gasteiger partial charge in [-0.15, -0.1) is 0 Å².